The molecule has 0 aromatic carbocycles. The van der Waals surface area contributed by atoms with Crippen LogP contribution in [0.3, 0.4) is 0 Å². The summed E-state index contributed by atoms with van der Waals surface area (Å²) < 4.78 is 0. The molecule has 0 rings (SSSR count). The van der Waals surface area contributed by atoms with Crippen LogP contribution in [0.5, 0.6) is 0 Å². The van der Waals surface area contributed by atoms with Crippen LogP contribution in [0.2, 0.25) is 0 Å². The van der Waals surface area contributed by atoms with Gasteiger partial charge in [-0.2, -0.15) is 0 Å². The fraction of sp³-hybridized carbons (Fsp3) is 0.909. The van der Waals surface area contributed by atoms with Crippen LogP contribution in [-0.2, 0) is 0 Å². The van der Waals surface area contributed by atoms with E-state index in [0.717, 1.165) is 19.5 Å². The van der Waals surface area contributed by atoms with Crippen molar-refractivity contribution >= 4 is 6.03 Å². The van der Waals surface area contributed by atoms with Gasteiger partial charge in [0.05, 0.1) is 6.10 Å². The maximum atomic E-state index is 11.5. The number of rotatable bonds is 6. The second-order valence-electron chi connectivity index (χ2n) is 4.05. The Morgan fingerprint density at radius 2 is 1.87 bits per heavy atom. The number of nitrogens with one attached hydrogen (secondary N) is 1. The molecule has 0 saturated heterocycles. The van der Waals surface area contributed by atoms with Gasteiger partial charge in [0.1, 0.15) is 0 Å². The highest BCUT2D eigenvalue weighted by Crippen LogP contribution is 2.04. The van der Waals surface area contributed by atoms with Crippen molar-refractivity contribution in [3.8, 4) is 0 Å². The van der Waals surface area contributed by atoms with Crippen LogP contribution in [0.4, 0.5) is 4.79 Å². The third-order valence-corrected chi connectivity index (χ3v) is 2.40. The number of aliphatic hydroxyl groups excluding tert-OH is 1. The lowest BCUT2D eigenvalue weighted by molar-refractivity contribution is 0.161. The zero-order valence-electron chi connectivity index (χ0n) is 10.3. The fourth-order valence-electron chi connectivity index (χ4n) is 1.55. The molecular formula is C11H24N2O2. The number of amides is 2. The van der Waals surface area contributed by atoms with Gasteiger partial charge in [-0.3, -0.25) is 0 Å². The first-order valence-electron chi connectivity index (χ1n) is 5.72. The minimum atomic E-state index is -0.301. The normalized spacial score (nSPS) is 14.5. The van der Waals surface area contributed by atoms with E-state index in [-0.39, 0.29) is 12.1 Å². The number of urea groups is 1. The average Bonchev–Trinajstić information content (AvgIpc) is 2.15. The monoisotopic (exact) mass is 216 g/mol. The van der Waals surface area contributed by atoms with E-state index in [9.17, 15) is 4.79 Å². The Hall–Kier alpha value is -0.770. The molecule has 0 heterocycles. The van der Waals surface area contributed by atoms with Gasteiger partial charge >= 0.3 is 6.03 Å². The summed E-state index contributed by atoms with van der Waals surface area (Å²) in [5.74, 6) is 0.310. The fourth-order valence-corrected chi connectivity index (χ4v) is 1.55. The molecule has 2 N–H and O–H groups in total. The summed E-state index contributed by atoms with van der Waals surface area (Å²) in [6, 6.07) is -0.0163. The Morgan fingerprint density at radius 1 is 1.33 bits per heavy atom. The highest BCUT2D eigenvalue weighted by molar-refractivity contribution is 5.74. The molecule has 0 spiro atoms. The summed E-state index contributed by atoms with van der Waals surface area (Å²) in [4.78, 5) is 13.3. The Bertz CT molecular complexity index is 179. The maximum absolute atomic E-state index is 11.5. The van der Waals surface area contributed by atoms with Crippen molar-refractivity contribution in [2.24, 2.45) is 5.92 Å². The van der Waals surface area contributed by atoms with Crippen molar-refractivity contribution in [2.45, 2.75) is 40.2 Å². The van der Waals surface area contributed by atoms with E-state index in [1.54, 1.807) is 11.8 Å². The van der Waals surface area contributed by atoms with Crippen LogP contribution in [0.15, 0.2) is 0 Å². The van der Waals surface area contributed by atoms with E-state index in [0.29, 0.717) is 12.5 Å². The standard InChI is InChI=1S/C11H24N2O2/c1-5-13(6-2)11(15)12-8-9(3)7-10(4)14/h9-10,14H,5-8H2,1-4H3,(H,12,15)/t9-,10-/m1/s1. The molecule has 4 heteroatoms. The van der Waals surface area contributed by atoms with Crippen LogP contribution in [0.25, 0.3) is 0 Å². The smallest absolute Gasteiger partial charge is 0.317 e. The lowest BCUT2D eigenvalue weighted by Crippen LogP contribution is -2.41. The zero-order chi connectivity index (χ0) is 11.8. The highest BCUT2D eigenvalue weighted by atomic mass is 16.3. The van der Waals surface area contributed by atoms with Gasteiger partial charge in [0.25, 0.3) is 0 Å². The Balaban J connectivity index is 3.79. The van der Waals surface area contributed by atoms with E-state index in [4.69, 9.17) is 5.11 Å². The van der Waals surface area contributed by atoms with Gasteiger partial charge in [-0.1, -0.05) is 6.92 Å². The molecule has 0 fully saturated rings. The van der Waals surface area contributed by atoms with Crippen LogP contribution >= 0.6 is 0 Å². The second-order valence-corrected chi connectivity index (χ2v) is 4.05. The largest absolute Gasteiger partial charge is 0.393 e. The highest BCUT2D eigenvalue weighted by Gasteiger charge is 2.11. The summed E-state index contributed by atoms with van der Waals surface area (Å²) in [5.41, 5.74) is 0. The predicted molar refractivity (Wildman–Crippen MR) is 61.8 cm³/mol. The molecule has 0 aromatic heterocycles. The molecule has 0 saturated carbocycles. The molecule has 90 valence electrons. The van der Waals surface area contributed by atoms with Crippen molar-refractivity contribution < 1.29 is 9.90 Å². The van der Waals surface area contributed by atoms with E-state index < -0.39 is 0 Å². The van der Waals surface area contributed by atoms with Crippen LogP contribution in [0.1, 0.15) is 34.1 Å². The first kappa shape index (κ1) is 14.2. The van der Waals surface area contributed by atoms with E-state index in [1.807, 2.05) is 20.8 Å². The van der Waals surface area contributed by atoms with Crippen molar-refractivity contribution in [2.75, 3.05) is 19.6 Å². The van der Waals surface area contributed by atoms with Gasteiger partial charge in [0.15, 0.2) is 0 Å². The molecule has 0 aliphatic rings. The molecule has 0 aliphatic heterocycles. The van der Waals surface area contributed by atoms with E-state index in [1.165, 1.54) is 0 Å². The maximum Gasteiger partial charge on any atom is 0.317 e. The Kier molecular flexibility index (Phi) is 7.13. The predicted octanol–water partition coefficient (Wildman–Crippen LogP) is 1.44. The summed E-state index contributed by atoms with van der Waals surface area (Å²) in [7, 11) is 0. The molecule has 0 aromatic rings. The first-order valence-corrected chi connectivity index (χ1v) is 5.72. The number of carbonyl (C=O) groups excluding carboxylic acids is 1. The number of hydrogen-bond acceptors (Lipinski definition) is 2. The zero-order valence-corrected chi connectivity index (χ0v) is 10.3. The molecule has 4 nitrogen and oxygen atoms in total. The molecule has 2 amide bonds. The average molecular weight is 216 g/mol. The van der Waals surface area contributed by atoms with Gasteiger partial charge < -0.3 is 15.3 Å². The summed E-state index contributed by atoms with van der Waals surface area (Å²) in [6.07, 6.45) is 0.420. The van der Waals surface area contributed by atoms with Gasteiger partial charge in [-0.25, -0.2) is 4.79 Å². The number of hydrogen-bond donors (Lipinski definition) is 2. The minimum Gasteiger partial charge on any atom is -0.393 e. The minimum absolute atomic E-state index is 0.0163. The van der Waals surface area contributed by atoms with Crippen molar-refractivity contribution in [3.05, 3.63) is 0 Å². The number of carbonyl (C=O) groups is 1. The van der Waals surface area contributed by atoms with E-state index in [2.05, 4.69) is 5.32 Å². The molecule has 15 heavy (non-hydrogen) atoms. The Labute approximate surface area is 92.7 Å². The van der Waals surface area contributed by atoms with Crippen molar-refractivity contribution in [3.63, 3.8) is 0 Å². The third kappa shape index (κ3) is 6.33. The molecular weight excluding hydrogens is 192 g/mol. The second kappa shape index (κ2) is 7.51. The molecule has 0 aliphatic carbocycles. The lowest BCUT2D eigenvalue weighted by Gasteiger charge is -2.21. The summed E-state index contributed by atoms with van der Waals surface area (Å²) >= 11 is 0. The van der Waals surface area contributed by atoms with Gasteiger partial charge in [-0.15, -0.1) is 0 Å². The first-order chi connectivity index (χ1) is 7.01. The lowest BCUT2D eigenvalue weighted by atomic mass is 10.1. The van der Waals surface area contributed by atoms with Gasteiger partial charge in [0, 0.05) is 19.6 Å². The summed E-state index contributed by atoms with van der Waals surface area (Å²) in [6.45, 7) is 9.79. The third-order valence-electron chi connectivity index (χ3n) is 2.40. The molecule has 2 atom stereocenters. The quantitative estimate of drug-likeness (QED) is 0.706. The van der Waals surface area contributed by atoms with Crippen LogP contribution < -0.4 is 5.32 Å². The SMILES string of the molecule is CCN(CC)C(=O)NC[C@H](C)C[C@@H](C)O. The number of aliphatic hydroxyl groups is 1. The van der Waals surface area contributed by atoms with Crippen LogP contribution in [-0.4, -0.2) is 41.8 Å². The van der Waals surface area contributed by atoms with Gasteiger partial charge in [-0.05, 0) is 33.1 Å². The molecule has 0 unspecified atom stereocenters. The van der Waals surface area contributed by atoms with E-state index >= 15 is 0 Å². The molecule has 0 bridgehead atoms. The topological polar surface area (TPSA) is 52.6 Å². The molecule has 0 radical (unpaired) electrons. The number of nitrogens with zero attached hydrogens (tertiary/aromatic N) is 1. The van der Waals surface area contributed by atoms with Crippen molar-refractivity contribution in [1.29, 1.82) is 0 Å². The van der Waals surface area contributed by atoms with Crippen LogP contribution in [0, 0.1) is 5.92 Å². The van der Waals surface area contributed by atoms with Crippen molar-refractivity contribution in [1.82, 2.24) is 10.2 Å². The van der Waals surface area contributed by atoms with Gasteiger partial charge in [0.2, 0.25) is 0 Å². The summed E-state index contributed by atoms with van der Waals surface area (Å²) in [5, 5.41) is 12.0. The Morgan fingerprint density at radius 3 is 2.27 bits per heavy atom.